The molecule has 0 saturated heterocycles. The third-order valence-corrected chi connectivity index (χ3v) is 3.10. The zero-order chi connectivity index (χ0) is 15.1. The van der Waals surface area contributed by atoms with Gasteiger partial charge < -0.3 is 0 Å². The maximum absolute atomic E-state index is 14.2. The second kappa shape index (κ2) is 4.78. The van der Waals surface area contributed by atoms with Crippen molar-refractivity contribution >= 4 is 17.1 Å². The van der Waals surface area contributed by atoms with Crippen molar-refractivity contribution in [3.8, 4) is 0 Å². The summed E-state index contributed by atoms with van der Waals surface area (Å²) in [5.74, 6) is -4.47. The fraction of sp³-hybridized carbons (Fsp3) is 0.250. The van der Waals surface area contributed by atoms with Crippen LogP contribution in [0.5, 0.6) is 0 Å². The van der Waals surface area contributed by atoms with E-state index < -0.39 is 39.8 Å². The molecule has 0 unspecified atom stereocenters. The Labute approximate surface area is 115 Å². The summed E-state index contributed by atoms with van der Waals surface area (Å²) in [7, 11) is 0. The Hall–Kier alpha value is -2.10. The fourth-order valence-electron chi connectivity index (χ4n) is 2.18. The van der Waals surface area contributed by atoms with Crippen molar-refractivity contribution in [2.45, 2.75) is 20.8 Å². The first-order valence-electron chi connectivity index (χ1n) is 6.20. The van der Waals surface area contributed by atoms with Gasteiger partial charge >= 0.3 is 0 Å². The van der Waals surface area contributed by atoms with Crippen molar-refractivity contribution in [1.29, 1.82) is 0 Å². The van der Waals surface area contributed by atoms with E-state index in [1.165, 1.54) is 12.1 Å². The molecule has 104 valence electrons. The van der Waals surface area contributed by atoms with Crippen molar-refractivity contribution in [2.24, 2.45) is 5.41 Å². The number of hydrogen-bond donors (Lipinski definition) is 0. The molecule has 0 heterocycles. The van der Waals surface area contributed by atoms with Gasteiger partial charge in [-0.15, -0.1) is 0 Å². The molecule has 4 heteroatoms. The number of carbonyl (C=O) groups is 2. The van der Waals surface area contributed by atoms with Crippen molar-refractivity contribution < 1.29 is 18.4 Å². The lowest BCUT2D eigenvalue weighted by Gasteiger charge is -2.25. The van der Waals surface area contributed by atoms with Crippen LogP contribution in [0.1, 0.15) is 26.3 Å². The van der Waals surface area contributed by atoms with Gasteiger partial charge in [0.1, 0.15) is 0 Å². The molecule has 0 aromatic heterocycles. The molecule has 0 atom stereocenters. The average Bonchev–Trinajstić information content (AvgIpc) is 2.37. The molecular formula is C16H14F2O2. The Balaban J connectivity index is 2.63. The number of rotatable bonds is 1. The van der Waals surface area contributed by atoms with Gasteiger partial charge in [-0.05, 0) is 11.0 Å². The highest BCUT2D eigenvalue weighted by Crippen LogP contribution is 2.39. The van der Waals surface area contributed by atoms with Crippen LogP contribution in [-0.2, 0) is 9.59 Å². The molecule has 0 radical (unpaired) electrons. The van der Waals surface area contributed by atoms with Gasteiger partial charge in [-0.25, -0.2) is 8.78 Å². The Bertz CT molecular complexity index is 647. The summed E-state index contributed by atoms with van der Waals surface area (Å²) in [4.78, 5) is 24.1. The number of halogens is 2. The van der Waals surface area contributed by atoms with E-state index in [-0.39, 0.29) is 5.56 Å². The summed E-state index contributed by atoms with van der Waals surface area (Å²) >= 11 is 0. The molecular weight excluding hydrogens is 262 g/mol. The highest BCUT2D eigenvalue weighted by molar-refractivity contribution is 6.38. The molecule has 1 aromatic carbocycles. The molecule has 0 N–H and O–H groups in total. The van der Waals surface area contributed by atoms with Crippen LogP contribution in [-0.4, -0.2) is 11.6 Å². The minimum absolute atomic E-state index is 0.200. The molecule has 0 saturated carbocycles. The topological polar surface area (TPSA) is 34.1 Å². The van der Waals surface area contributed by atoms with Crippen LogP contribution in [0, 0.1) is 5.41 Å². The van der Waals surface area contributed by atoms with Gasteiger partial charge in [0.05, 0.1) is 5.57 Å². The summed E-state index contributed by atoms with van der Waals surface area (Å²) in [5, 5.41) is 0. The van der Waals surface area contributed by atoms with Gasteiger partial charge in [0.2, 0.25) is 11.6 Å². The summed E-state index contributed by atoms with van der Waals surface area (Å²) in [6, 6.07) is 7.80. The Morgan fingerprint density at radius 1 is 0.850 bits per heavy atom. The molecule has 0 spiro atoms. The van der Waals surface area contributed by atoms with Gasteiger partial charge in [-0.2, -0.15) is 0 Å². The molecule has 0 aliphatic heterocycles. The molecule has 1 aliphatic carbocycles. The summed E-state index contributed by atoms with van der Waals surface area (Å²) in [5.41, 5.74) is -1.64. The predicted octanol–water partition coefficient (Wildman–Crippen LogP) is 3.79. The number of carbonyl (C=O) groups excluding carboxylic acids is 2. The minimum atomic E-state index is -1.19. The van der Waals surface area contributed by atoms with Crippen molar-refractivity contribution in [3.63, 3.8) is 0 Å². The second-order valence-corrected chi connectivity index (χ2v) is 5.65. The highest BCUT2D eigenvalue weighted by Gasteiger charge is 2.40. The van der Waals surface area contributed by atoms with Crippen molar-refractivity contribution in [1.82, 2.24) is 0 Å². The zero-order valence-electron chi connectivity index (χ0n) is 11.5. The van der Waals surface area contributed by atoms with E-state index in [4.69, 9.17) is 0 Å². The summed E-state index contributed by atoms with van der Waals surface area (Å²) in [6.07, 6.45) is 0. The molecule has 2 rings (SSSR count). The maximum atomic E-state index is 14.2. The van der Waals surface area contributed by atoms with Crippen LogP contribution < -0.4 is 0 Å². The highest BCUT2D eigenvalue weighted by atomic mass is 19.1. The minimum Gasteiger partial charge on any atom is -0.286 e. The molecule has 20 heavy (non-hydrogen) atoms. The van der Waals surface area contributed by atoms with Gasteiger partial charge in [0, 0.05) is 5.57 Å². The van der Waals surface area contributed by atoms with Gasteiger partial charge in [-0.3, -0.25) is 9.59 Å². The van der Waals surface area contributed by atoms with Crippen LogP contribution in [0.3, 0.4) is 0 Å². The SMILES string of the molecule is CC(C)(C)C1=C(F)C(=O)C(c2ccccc2)=C(F)C1=O. The van der Waals surface area contributed by atoms with E-state index in [9.17, 15) is 18.4 Å². The lowest BCUT2D eigenvalue weighted by Crippen LogP contribution is -2.27. The van der Waals surface area contributed by atoms with E-state index >= 15 is 0 Å². The summed E-state index contributed by atoms with van der Waals surface area (Å²) in [6.45, 7) is 4.69. The third-order valence-electron chi connectivity index (χ3n) is 3.10. The van der Waals surface area contributed by atoms with Crippen LogP contribution in [0.15, 0.2) is 47.6 Å². The molecule has 2 nitrogen and oxygen atoms in total. The number of allylic oxidation sites excluding steroid dienone is 4. The molecule has 0 bridgehead atoms. The van der Waals surface area contributed by atoms with Crippen molar-refractivity contribution in [3.05, 3.63) is 53.1 Å². The number of Topliss-reactive ketones (excluding diaryl/α,β-unsaturated/α-hetero) is 2. The standard InChI is InChI=1S/C16H14F2O2/c1-16(2,3)11-13(18)14(19)10(12(17)15(11)20)9-7-5-4-6-8-9/h4-8H,1-3H3. The quantitative estimate of drug-likeness (QED) is 0.731. The first-order chi connectivity index (χ1) is 9.25. The smallest absolute Gasteiger partial charge is 0.225 e. The zero-order valence-corrected chi connectivity index (χ0v) is 11.5. The second-order valence-electron chi connectivity index (χ2n) is 5.65. The molecule has 1 aliphatic rings. The van der Waals surface area contributed by atoms with Crippen LogP contribution in [0.4, 0.5) is 8.78 Å². The Morgan fingerprint density at radius 3 is 1.90 bits per heavy atom. The molecule has 0 amide bonds. The van der Waals surface area contributed by atoms with E-state index in [1.54, 1.807) is 39.0 Å². The van der Waals surface area contributed by atoms with Crippen LogP contribution >= 0.6 is 0 Å². The first kappa shape index (κ1) is 14.3. The molecule has 0 fully saturated rings. The normalized spacial score (nSPS) is 17.1. The lowest BCUT2D eigenvalue weighted by molar-refractivity contribution is -0.118. The Morgan fingerprint density at radius 2 is 1.40 bits per heavy atom. The first-order valence-corrected chi connectivity index (χ1v) is 6.20. The molecule has 1 aromatic rings. The van der Waals surface area contributed by atoms with E-state index in [2.05, 4.69) is 0 Å². The maximum Gasteiger partial charge on any atom is 0.225 e. The van der Waals surface area contributed by atoms with Gasteiger partial charge in [0.15, 0.2) is 11.7 Å². The van der Waals surface area contributed by atoms with Crippen LogP contribution in [0.2, 0.25) is 0 Å². The number of hydrogen-bond acceptors (Lipinski definition) is 2. The Kier molecular flexibility index (Phi) is 3.42. The summed E-state index contributed by atoms with van der Waals surface area (Å²) < 4.78 is 28.4. The number of ketones is 2. The van der Waals surface area contributed by atoms with Gasteiger partial charge in [-0.1, -0.05) is 51.1 Å². The lowest BCUT2D eigenvalue weighted by atomic mass is 9.78. The van der Waals surface area contributed by atoms with E-state index in [0.29, 0.717) is 0 Å². The van der Waals surface area contributed by atoms with Crippen LogP contribution in [0.25, 0.3) is 5.57 Å². The van der Waals surface area contributed by atoms with Gasteiger partial charge in [0.25, 0.3) is 0 Å². The predicted molar refractivity (Wildman–Crippen MR) is 72.1 cm³/mol. The third kappa shape index (κ3) is 2.22. The number of benzene rings is 1. The van der Waals surface area contributed by atoms with E-state index in [1.807, 2.05) is 0 Å². The fourth-order valence-corrected chi connectivity index (χ4v) is 2.18. The average molecular weight is 276 g/mol. The largest absolute Gasteiger partial charge is 0.286 e. The monoisotopic (exact) mass is 276 g/mol. The van der Waals surface area contributed by atoms with Crippen molar-refractivity contribution in [2.75, 3.05) is 0 Å². The van der Waals surface area contributed by atoms with E-state index in [0.717, 1.165) is 0 Å².